The molecule has 0 aliphatic heterocycles. The summed E-state index contributed by atoms with van der Waals surface area (Å²) in [7, 11) is 0. The molecule has 0 atom stereocenters. The van der Waals surface area contributed by atoms with Gasteiger partial charge in [0, 0.05) is 25.1 Å². The highest BCUT2D eigenvalue weighted by Crippen LogP contribution is 2.24. The monoisotopic (exact) mass is 339 g/mol. The van der Waals surface area contributed by atoms with Crippen LogP contribution in [0.25, 0.3) is 0 Å². The third-order valence-corrected chi connectivity index (χ3v) is 3.25. The molecule has 0 unspecified atom stereocenters. The lowest BCUT2D eigenvalue weighted by Gasteiger charge is -2.09. The summed E-state index contributed by atoms with van der Waals surface area (Å²) < 4.78 is 19.6. The third-order valence-electron chi connectivity index (χ3n) is 3.25. The van der Waals surface area contributed by atoms with E-state index < -0.39 is 11.7 Å². The van der Waals surface area contributed by atoms with Gasteiger partial charge in [-0.1, -0.05) is 6.07 Å². The fourth-order valence-corrected chi connectivity index (χ4v) is 2.06. The molecular formula is C17H14FN5O2. The Morgan fingerprint density at radius 3 is 2.76 bits per heavy atom. The number of ether oxygens (including phenoxy) is 1. The Morgan fingerprint density at radius 1 is 1.20 bits per heavy atom. The molecule has 0 fully saturated rings. The minimum Gasteiger partial charge on any atom is -0.453 e. The first-order chi connectivity index (χ1) is 12.1. The number of nitrogen functional groups attached to an aromatic ring is 1. The molecule has 3 rings (SSSR count). The topological polar surface area (TPSA) is 103 Å². The maximum Gasteiger partial charge on any atom is 0.273 e. The predicted octanol–water partition coefficient (Wildman–Crippen LogP) is 2.32. The van der Waals surface area contributed by atoms with E-state index in [2.05, 4.69) is 20.3 Å². The summed E-state index contributed by atoms with van der Waals surface area (Å²) in [6, 6.07) is 7.78. The Kier molecular flexibility index (Phi) is 4.79. The van der Waals surface area contributed by atoms with E-state index in [1.807, 2.05) is 0 Å². The number of carbonyl (C=O) groups is 1. The summed E-state index contributed by atoms with van der Waals surface area (Å²) in [6.07, 6.45) is 5.84. The van der Waals surface area contributed by atoms with Gasteiger partial charge in [0.15, 0.2) is 23.1 Å². The van der Waals surface area contributed by atoms with E-state index in [9.17, 15) is 9.18 Å². The minimum absolute atomic E-state index is 0.0273. The van der Waals surface area contributed by atoms with E-state index in [0.717, 1.165) is 0 Å². The molecule has 25 heavy (non-hydrogen) atoms. The molecule has 7 nitrogen and oxygen atoms in total. The first-order valence-corrected chi connectivity index (χ1v) is 7.34. The number of anilines is 1. The number of aromatic nitrogens is 3. The zero-order valence-corrected chi connectivity index (χ0v) is 13.0. The van der Waals surface area contributed by atoms with Gasteiger partial charge in [0.05, 0.1) is 6.20 Å². The van der Waals surface area contributed by atoms with Crippen molar-refractivity contribution in [2.45, 2.75) is 6.54 Å². The lowest BCUT2D eigenvalue weighted by atomic mass is 10.2. The van der Waals surface area contributed by atoms with Crippen LogP contribution < -0.4 is 15.8 Å². The van der Waals surface area contributed by atoms with Crippen molar-refractivity contribution in [3.8, 4) is 11.5 Å². The normalized spacial score (nSPS) is 10.3. The molecule has 2 heterocycles. The number of carbonyl (C=O) groups excluding carboxylic acids is 1. The molecule has 8 heteroatoms. The minimum atomic E-state index is -0.547. The molecule has 0 saturated carbocycles. The van der Waals surface area contributed by atoms with E-state index in [0.29, 0.717) is 11.3 Å². The van der Waals surface area contributed by atoms with Crippen LogP contribution in [0, 0.1) is 5.82 Å². The Morgan fingerprint density at radius 2 is 2.04 bits per heavy atom. The highest BCUT2D eigenvalue weighted by Gasteiger charge is 2.12. The average molecular weight is 339 g/mol. The summed E-state index contributed by atoms with van der Waals surface area (Å²) in [5.41, 5.74) is 6.18. The van der Waals surface area contributed by atoms with Gasteiger partial charge in [-0.05, 0) is 29.8 Å². The smallest absolute Gasteiger partial charge is 0.273 e. The summed E-state index contributed by atoms with van der Waals surface area (Å²) in [6.45, 7) is 0.110. The molecule has 1 aromatic carbocycles. The Hall–Kier alpha value is -3.55. The molecule has 2 aromatic heterocycles. The first-order valence-electron chi connectivity index (χ1n) is 7.34. The zero-order valence-electron chi connectivity index (χ0n) is 13.0. The molecule has 3 N–H and O–H groups in total. The predicted molar refractivity (Wildman–Crippen MR) is 88.3 cm³/mol. The molecule has 0 saturated heterocycles. The van der Waals surface area contributed by atoms with E-state index in [1.165, 1.54) is 30.7 Å². The number of hydrogen-bond acceptors (Lipinski definition) is 6. The first kappa shape index (κ1) is 16.3. The second-order valence-corrected chi connectivity index (χ2v) is 5.03. The summed E-state index contributed by atoms with van der Waals surface area (Å²) in [4.78, 5) is 23.6. The SMILES string of the molecule is Nc1nccnc1C(=O)NCc1ccc(Oc2cccnc2)c(F)c1. The molecule has 3 aromatic rings. The Balaban J connectivity index is 1.65. The standard InChI is InChI=1S/C17H14FN5O2/c18-13-8-11(3-4-14(13)25-12-2-1-5-20-10-12)9-23-17(24)15-16(19)22-7-6-21-15/h1-8,10H,9H2,(H2,19,22)(H,23,24). The van der Waals surface area contributed by atoms with E-state index in [4.69, 9.17) is 10.5 Å². The summed E-state index contributed by atoms with van der Waals surface area (Å²) in [5, 5.41) is 2.61. The molecule has 0 spiro atoms. The van der Waals surface area contributed by atoms with Gasteiger partial charge in [-0.2, -0.15) is 0 Å². The van der Waals surface area contributed by atoms with Crippen LogP contribution in [0.1, 0.15) is 16.1 Å². The summed E-state index contributed by atoms with van der Waals surface area (Å²) in [5.74, 6) is -0.496. The van der Waals surface area contributed by atoms with Crippen LogP contribution in [-0.4, -0.2) is 20.9 Å². The lowest BCUT2D eigenvalue weighted by molar-refractivity contribution is 0.0946. The molecule has 0 aliphatic rings. The van der Waals surface area contributed by atoms with Crippen molar-refractivity contribution in [1.82, 2.24) is 20.3 Å². The van der Waals surface area contributed by atoms with Crippen molar-refractivity contribution >= 4 is 11.7 Å². The number of rotatable bonds is 5. The van der Waals surface area contributed by atoms with Crippen LogP contribution >= 0.6 is 0 Å². The van der Waals surface area contributed by atoms with Crippen LogP contribution in [0.3, 0.4) is 0 Å². The maximum absolute atomic E-state index is 14.1. The van der Waals surface area contributed by atoms with Gasteiger partial charge in [0.25, 0.3) is 5.91 Å². The fraction of sp³-hybridized carbons (Fsp3) is 0.0588. The second-order valence-electron chi connectivity index (χ2n) is 5.03. The largest absolute Gasteiger partial charge is 0.453 e. The lowest BCUT2D eigenvalue weighted by Crippen LogP contribution is -2.25. The van der Waals surface area contributed by atoms with Gasteiger partial charge in [0.2, 0.25) is 0 Å². The zero-order chi connectivity index (χ0) is 17.6. The number of pyridine rings is 1. The molecule has 126 valence electrons. The van der Waals surface area contributed by atoms with Gasteiger partial charge < -0.3 is 15.8 Å². The van der Waals surface area contributed by atoms with E-state index in [1.54, 1.807) is 24.4 Å². The molecule has 0 bridgehead atoms. The van der Waals surface area contributed by atoms with Crippen molar-refractivity contribution in [2.75, 3.05) is 5.73 Å². The average Bonchev–Trinajstić information content (AvgIpc) is 2.63. The van der Waals surface area contributed by atoms with E-state index in [-0.39, 0.29) is 23.8 Å². The number of benzene rings is 1. The van der Waals surface area contributed by atoms with Crippen molar-refractivity contribution in [1.29, 1.82) is 0 Å². The van der Waals surface area contributed by atoms with Crippen molar-refractivity contribution in [2.24, 2.45) is 0 Å². The van der Waals surface area contributed by atoms with E-state index >= 15 is 0 Å². The number of nitrogens with one attached hydrogen (secondary N) is 1. The van der Waals surface area contributed by atoms with Crippen LogP contribution in [0.15, 0.2) is 55.1 Å². The van der Waals surface area contributed by atoms with Crippen molar-refractivity contribution in [3.05, 3.63) is 72.2 Å². The van der Waals surface area contributed by atoms with Crippen LogP contribution in [0.5, 0.6) is 11.5 Å². The van der Waals surface area contributed by atoms with Gasteiger partial charge >= 0.3 is 0 Å². The third kappa shape index (κ3) is 4.05. The highest BCUT2D eigenvalue weighted by molar-refractivity contribution is 5.96. The van der Waals surface area contributed by atoms with Gasteiger partial charge in [-0.15, -0.1) is 0 Å². The number of amides is 1. The number of halogens is 1. The van der Waals surface area contributed by atoms with Gasteiger partial charge in [-0.25, -0.2) is 14.4 Å². The maximum atomic E-state index is 14.1. The second kappa shape index (κ2) is 7.35. The Labute approximate surface area is 142 Å². The van der Waals surface area contributed by atoms with Gasteiger partial charge in [-0.3, -0.25) is 9.78 Å². The van der Waals surface area contributed by atoms with Crippen LogP contribution in [-0.2, 0) is 6.54 Å². The molecule has 0 radical (unpaired) electrons. The summed E-state index contributed by atoms with van der Waals surface area (Å²) >= 11 is 0. The van der Waals surface area contributed by atoms with Crippen molar-refractivity contribution in [3.63, 3.8) is 0 Å². The number of nitrogens with zero attached hydrogens (tertiary/aromatic N) is 3. The van der Waals surface area contributed by atoms with Crippen molar-refractivity contribution < 1.29 is 13.9 Å². The fourth-order valence-electron chi connectivity index (χ4n) is 2.06. The van der Waals surface area contributed by atoms with Gasteiger partial charge in [0.1, 0.15) is 5.75 Å². The van der Waals surface area contributed by atoms with Crippen LogP contribution in [0.4, 0.5) is 10.2 Å². The molecular weight excluding hydrogens is 325 g/mol. The Bertz CT molecular complexity index is 889. The molecule has 0 aliphatic carbocycles. The number of hydrogen-bond donors (Lipinski definition) is 2. The molecule has 1 amide bonds. The highest BCUT2D eigenvalue weighted by atomic mass is 19.1. The van der Waals surface area contributed by atoms with Crippen LogP contribution in [0.2, 0.25) is 0 Å². The quantitative estimate of drug-likeness (QED) is 0.739. The number of nitrogens with two attached hydrogens (primary N) is 1.